The molecule has 0 saturated heterocycles. The van der Waals surface area contributed by atoms with Gasteiger partial charge in [-0.1, -0.05) is 25.4 Å². The van der Waals surface area contributed by atoms with Crippen LogP contribution in [-0.4, -0.2) is 25.2 Å². The standard InChI is InChI=1S/C18H25ClN2O2/c1-5-9-21(10-6-2)11-13-12(3)20-17-15(23-4)8-7-14(19)16(17)18(13)22/h7-8H,5-6,9-11H2,1-4H3,(H,20,22)/p+1. The van der Waals surface area contributed by atoms with Gasteiger partial charge in [0, 0.05) is 5.69 Å². The van der Waals surface area contributed by atoms with Gasteiger partial charge in [0.2, 0.25) is 0 Å². The molecule has 2 rings (SSSR count). The Hall–Kier alpha value is -1.52. The predicted molar refractivity (Wildman–Crippen MR) is 95.9 cm³/mol. The summed E-state index contributed by atoms with van der Waals surface area (Å²) in [5.41, 5.74) is 2.42. The van der Waals surface area contributed by atoms with Crippen molar-refractivity contribution >= 4 is 22.5 Å². The lowest BCUT2D eigenvalue weighted by atomic mass is 10.1. The molecule has 0 aliphatic heterocycles. The quantitative estimate of drug-likeness (QED) is 0.816. The van der Waals surface area contributed by atoms with Gasteiger partial charge < -0.3 is 14.6 Å². The molecular weight excluding hydrogens is 312 g/mol. The summed E-state index contributed by atoms with van der Waals surface area (Å²) >= 11 is 6.29. The van der Waals surface area contributed by atoms with Gasteiger partial charge in [0.1, 0.15) is 12.3 Å². The second kappa shape index (κ2) is 7.84. The molecule has 0 aliphatic carbocycles. The van der Waals surface area contributed by atoms with Crippen LogP contribution in [0, 0.1) is 6.92 Å². The zero-order valence-corrected chi connectivity index (χ0v) is 15.1. The van der Waals surface area contributed by atoms with Crippen molar-refractivity contribution in [1.82, 2.24) is 4.98 Å². The summed E-state index contributed by atoms with van der Waals surface area (Å²) in [4.78, 5) is 17.8. The molecule has 1 aromatic heterocycles. The third-order valence-electron chi connectivity index (χ3n) is 4.24. The number of hydrogen-bond donors (Lipinski definition) is 2. The van der Waals surface area contributed by atoms with E-state index < -0.39 is 0 Å². The fourth-order valence-corrected chi connectivity index (χ4v) is 3.37. The molecule has 1 heterocycles. The van der Waals surface area contributed by atoms with Crippen LogP contribution >= 0.6 is 11.6 Å². The van der Waals surface area contributed by atoms with Gasteiger partial charge in [-0.05, 0) is 31.9 Å². The first-order valence-electron chi connectivity index (χ1n) is 8.24. The van der Waals surface area contributed by atoms with E-state index >= 15 is 0 Å². The van der Waals surface area contributed by atoms with E-state index in [0.29, 0.717) is 21.7 Å². The Morgan fingerprint density at radius 2 is 1.87 bits per heavy atom. The topological polar surface area (TPSA) is 46.5 Å². The van der Waals surface area contributed by atoms with Crippen LogP contribution < -0.4 is 15.1 Å². The number of aromatic amines is 1. The first kappa shape index (κ1) is 17.8. The van der Waals surface area contributed by atoms with Crippen molar-refractivity contribution in [1.29, 1.82) is 0 Å². The number of methoxy groups -OCH3 is 1. The average molecular weight is 338 g/mol. The van der Waals surface area contributed by atoms with Crippen LogP contribution in [0.1, 0.15) is 37.9 Å². The molecule has 0 amide bonds. The summed E-state index contributed by atoms with van der Waals surface area (Å²) in [6, 6.07) is 3.51. The van der Waals surface area contributed by atoms with Gasteiger partial charge in [-0.25, -0.2) is 0 Å². The minimum Gasteiger partial charge on any atom is -0.495 e. The molecule has 0 aliphatic rings. The Morgan fingerprint density at radius 3 is 2.43 bits per heavy atom. The number of H-pyrrole nitrogens is 1. The van der Waals surface area contributed by atoms with Gasteiger partial charge in [-0.2, -0.15) is 0 Å². The SMILES string of the molecule is CCC[NH+](CCC)Cc1c(C)[nH]c2c(OC)ccc(Cl)c2c1=O. The summed E-state index contributed by atoms with van der Waals surface area (Å²) in [7, 11) is 1.60. The fraction of sp³-hybridized carbons (Fsp3) is 0.500. The Kier molecular flexibility index (Phi) is 6.08. The molecule has 1 aromatic carbocycles. The number of nitrogens with one attached hydrogen (secondary N) is 2. The van der Waals surface area contributed by atoms with Crippen molar-refractivity contribution in [2.75, 3.05) is 20.2 Å². The lowest BCUT2D eigenvalue weighted by molar-refractivity contribution is -0.914. The number of hydrogen-bond acceptors (Lipinski definition) is 2. The maximum Gasteiger partial charge on any atom is 0.200 e. The highest BCUT2D eigenvalue weighted by Gasteiger charge is 2.18. The number of fused-ring (bicyclic) bond motifs is 1. The van der Waals surface area contributed by atoms with Gasteiger partial charge in [-0.3, -0.25) is 4.79 Å². The van der Waals surface area contributed by atoms with Gasteiger partial charge in [-0.15, -0.1) is 0 Å². The molecule has 5 heteroatoms. The lowest BCUT2D eigenvalue weighted by Crippen LogP contribution is -3.10. The second-order valence-corrected chi connectivity index (χ2v) is 6.39. The first-order chi connectivity index (χ1) is 11.0. The molecule has 0 spiro atoms. The number of rotatable bonds is 7. The van der Waals surface area contributed by atoms with Crippen molar-refractivity contribution in [2.45, 2.75) is 40.2 Å². The minimum absolute atomic E-state index is 0.0184. The predicted octanol–water partition coefficient (Wildman–Crippen LogP) is 2.70. The Labute approximate surface area is 142 Å². The van der Waals surface area contributed by atoms with E-state index in [1.807, 2.05) is 6.92 Å². The Bertz CT molecular complexity index is 734. The van der Waals surface area contributed by atoms with Crippen molar-refractivity contribution < 1.29 is 9.64 Å². The van der Waals surface area contributed by atoms with E-state index in [-0.39, 0.29) is 5.43 Å². The van der Waals surface area contributed by atoms with E-state index in [4.69, 9.17) is 16.3 Å². The van der Waals surface area contributed by atoms with E-state index in [0.717, 1.165) is 43.7 Å². The molecule has 4 nitrogen and oxygen atoms in total. The van der Waals surface area contributed by atoms with Gasteiger partial charge >= 0.3 is 0 Å². The highest BCUT2D eigenvalue weighted by atomic mass is 35.5. The number of aryl methyl sites for hydroxylation is 1. The number of benzene rings is 1. The van der Waals surface area contributed by atoms with Crippen molar-refractivity contribution in [3.8, 4) is 5.75 Å². The number of aromatic nitrogens is 1. The first-order valence-corrected chi connectivity index (χ1v) is 8.62. The molecule has 2 N–H and O–H groups in total. The van der Waals surface area contributed by atoms with Gasteiger partial charge in [0.15, 0.2) is 5.43 Å². The lowest BCUT2D eigenvalue weighted by Gasteiger charge is -2.19. The van der Waals surface area contributed by atoms with Crippen LogP contribution in [0.25, 0.3) is 10.9 Å². The van der Waals surface area contributed by atoms with E-state index in [1.165, 1.54) is 4.90 Å². The third-order valence-corrected chi connectivity index (χ3v) is 4.55. The molecule has 23 heavy (non-hydrogen) atoms. The van der Waals surface area contributed by atoms with Crippen LogP contribution in [0.2, 0.25) is 5.02 Å². The third kappa shape index (κ3) is 3.70. The van der Waals surface area contributed by atoms with Crippen LogP contribution in [0.15, 0.2) is 16.9 Å². The number of halogens is 1. The van der Waals surface area contributed by atoms with Crippen molar-refractivity contribution in [3.05, 3.63) is 38.6 Å². The van der Waals surface area contributed by atoms with Crippen LogP contribution in [0.3, 0.4) is 0 Å². The zero-order chi connectivity index (χ0) is 17.0. The molecule has 0 radical (unpaired) electrons. The summed E-state index contributed by atoms with van der Waals surface area (Å²) in [6.45, 7) is 9.16. The molecular formula is C18H26ClN2O2+. The molecule has 0 bridgehead atoms. The second-order valence-electron chi connectivity index (χ2n) is 5.98. The van der Waals surface area contributed by atoms with Crippen molar-refractivity contribution in [3.63, 3.8) is 0 Å². The monoisotopic (exact) mass is 337 g/mol. The maximum absolute atomic E-state index is 13.0. The van der Waals surface area contributed by atoms with Gasteiger partial charge in [0.05, 0.1) is 41.7 Å². The van der Waals surface area contributed by atoms with E-state index in [1.54, 1.807) is 19.2 Å². The van der Waals surface area contributed by atoms with Gasteiger partial charge in [0.25, 0.3) is 0 Å². The molecule has 0 saturated carbocycles. The summed E-state index contributed by atoms with van der Waals surface area (Å²) in [5.74, 6) is 0.641. The molecule has 0 atom stereocenters. The maximum atomic E-state index is 13.0. The zero-order valence-electron chi connectivity index (χ0n) is 14.4. The highest BCUT2D eigenvalue weighted by molar-refractivity contribution is 6.35. The molecule has 126 valence electrons. The molecule has 0 fully saturated rings. The van der Waals surface area contributed by atoms with Crippen LogP contribution in [0.4, 0.5) is 0 Å². The van der Waals surface area contributed by atoms with E-state index in [9.17, 15) is 4.79 Å². The number of ether oxygens (including phenoxy) is 1. The normalized spacial score (nSPS) is 11.4. The highest BCUT2D eigenvalue weighted by Crippen LogP contribution is 2.28. The smallest absolute Gasteiger partial charge is 0.200 e. The van der Waals surface area contributed by atoms with Crippen LogP contribution in [0.5, 0.6) is 5.75 Å². The average Bonchev–Trinajstić information content (AvgIpc) is 2.51. The van der Waals surface area contributed by atoms with Crippen molar-refractivity contribution in [2.24, 2.45) is 0 Å². The minimum atomic E-state index is 0.0184. The Morgan fingerprint density at radius 1 is 1.22 bits per heavy atom. The summed E-state index contributed by atoms with van der Waals surface area (Å²) in [5, 5.41) is 0.995. The van der Waals surface area contributed by atoms with Crippen LogP contribution in [-0.2, 0) is 6.54 Å². The van der Waals surface area contributed by atoms with E-state index in [2.05, 4.69) is 18.8 Å². The molecule has 2 aromatic rings. The largest absolute Gasteiger partial charge is 0.495 e. The summed E-state index contributed by atoms with van der Waals surface area (Å²) in [6.07, 6.45) is 2.21. The number of pyridine rings is 1. The fourth-order valence-electron chi connectivity index (χ4n) is 3.13. The summed E-state index contributed by atoms with van der Waals surface area (Å²) < 4.78 is 5.36. The Balaban J connectivity index is 2.57. The molecule has 0 unspecified atom stereocenters. The number of quaternary nitrogens is 1.